The van der Waals surface area contributed by atoms with Gasteiger partial charge in [-0.1, -0.05) is 6.92 Å². The Morgan fingerprint density at radius 2 is 0.622 bits per heavy atom. The molecule has 0 bridgehead atoms. The minimum atomic E-state index is -1.91. The standard InChI is InChI=1S/C23H37N11O11/c1-2-18(40)30-9(4-14(25)36)20(42)32-11(6-16(27)38)22(44)34-12(7-17(28)39)23(45)33-10(5-15(26)37)21(43)31-8(19(29)41)3-13(24)35/h8-12H,2-7H2,1H3,(H2,24,35)(H2,25,36)(H2,26,37)(H2,27,38)(H2,28,39)(H2,29,41)(H,30,40)(H,31,43)(H,32,42)(H,33,45)(H,34,44)/t8-,9-,10-,11-,12-/m0/s1. The van der Waals surface area contributed by atoms with Crippen LogP contribution in [0, 0.1) is 0 Å². The van der Waals surface area contributed by atoms with Crippen LogP contribution in [0.15, 0.2) is 0 Å². The van der Waals surface area contributed by atoms with E-state index in [0.717, 1.165) is 0 Å². The second-order valence-corrected chi connectivity index (χ2v) is 9.47. The van der Waals surface area contributed by atoms with E-state index in [9.17, 15) is 52.7 Å². The van der Waals surface area contributed by atoms with Crippen molar-refractivity contribution in [1.82, 2.24) is 26.6 Å². The molecule has 22 nitrogen and oxygen atoms in total. The number of nitrogens with one attached hydrogen (secondary N) is 5. The lowest BCUT2D eigenvalue weighted by atomic mass is 10.1. The third kappa shape index (κ3) is 15.8. The second kappa shape index (κ2) is 18.7. The molecule has 0 rings (SSSR count). The summed E-state index contributed by atoms with van der Waals surface area (Å²) in [5, 5.41) is 10.4. The van der Waals surface area contributed by atoms with Gasteiger partial charge in [0.15, 0.2) is 0 Å². The van der Waals surface area contributed by atoms with Crippen molar-refractivity contribution in [3.63, 3.8) is 0 Å². The van der Waals surface area contributed by atoms with Crippen LogP contribution in [0.25, 0.3) is 0 Å². The number of amides is 11. The van der Waals surface area contributed by atoms with Crippen LogP contribution < -0.4 is 61.0 Å². The van der Waals surface area contributed by atoms with E-state index in [0.29, 0.717) is 0 Å². The number of nitrogens with two attached hydrogens (primary N) is 6. The molecule has 0 aliphatic heterocycles. The van der Waals surface area contributed by atoms with Gasteiger partial charge in [0, 0.05) is 6.42 Å². The fourth-order valence-electron chi connectivity index (χ4n) is 3.45. The summed E-state index contributed by atoms with van der Waals surface area (Å²) in [5.74, 6) is -12.4. The van der Waals surface area contributed by atoms with Gasteiger partial charge >= 0.3 is 0 Å². The molecular weight excluding hydrogens is 606 g/mol. The molecule has 0 saturated carbocycles. The molecule has 0 spiro atoms. The third-order valence-corrected chi connectivity index (χ3v) is 5.56. The highest BCUT2D eigenvalue weighted by Crippen LogP contribution is 2.03. The van der Waals surface area contributed by atoms with Gasteiger partial charge in [-0.05, 0) is 0 Å². The molecule has 0 aliphatic rings. The van der Waals surface area contributed by atoms with Crippen LogP contribution in [-0.4, -0.2) is 95.2 Å². The number of carbonyl (C=O) groups excluding carboxylic acids is 11. The van der Waals surface area contributed by atoms with Crippen LogP contribution in [0.2, 0.25) is 0 Å². The average molecular weight is 644 g/mol. The maximum atomic E-state index is 13.1. The van der Waals surface area contributed by atoms with E-state index >= 15 is 0 Å². The van der Waals surface area contributed by atoms with Gasteiger partial charge in [0.1, 0.15) is 30.2 Å². The average Bonchev–Trinajstić information content (AvgIpc) is 2.89. The first-order valence-electron chi connectivity index (χ1n) is 13.0. The van der Waals surface area contributed by atoms with E-state index in [1.165, 1.54) is 6.92 Å². The molecule has 11 amide bonds. The predicted molar refractivity (Wildman–Crippen MR) is 148 cm³/mol. The van der Waals surface area contributed by atoms with Gasteiger partial charge in [0.05, 0.1) is 32.1 Å². The molecule has 0 radical (unpaired) electrons. The Kier molecular flexibility index (Phi) is 16.2. The Hall–Kier alpha value is -5.83. The summed E-state index contributed by atoms with van der Waals surface area (Å²) in [6.45, 7) is 1.44. The van der Waals surface area contributed by atoms with Crippen molar-refractivity contribution in [2.75, 3.05) is 0 Å². The van der Waals surface area contributed by atoms with Crippen LogP contribution in [0.1, 0.15) is 45.4 Å². The van der Waals surface area contributed by atoms with Gasteiger partial charge in [0.2, 0.25) is 65.0 Å². The molecule has 0 aromatic carbocycles. The second-order valence-electron chi connectivity index (χ2n) is 9.47. The van der Waals surface area contributed by atoms with Gasteiger partial charge in [-0.2, -0.15) is 0 Å². The van der Waals surface area contributed by atoms with Gasteiger partial charge in [-0.3, -0.25) is 52.7 Å². The summed E-state index contributed by atoms with van der Waals surface area (Å²) in [6, 6.07) is -8.84. The molecule has 0 heterocycles. The van der Waals surface area contributed by atoms with E-state index in [-0.39, 0.29) is 6.42 Å². The van der Waals surface area contributed by atoms with Gasteiger partial charge < -0.3 is 61.0 Å². The first-order chi connectivity index (χ1) is 20.8. The predicted octanol–water partition coefficient (Wildman–Crippen LogP) is -8.32. The molecule has 5 atom stereocenters. The summed E-state index contributed by atoms with van der Waals surface area (Å²) >= 11 is 0. The number of rotatable bonds is 21. The summed E-state index contributed by atoms with van der Waals surface area (Å²) < 4.78 is 0. The molecule has 45 heavy (non-hydrogen) atoms. The number of hydrogen-bond donors (Lipinski definition) is 11. The fourth-order valence-corrected chi connectivity index (χ4v) is 3.45. The number of carbonyl (C=O) groups is 11. The summed E-state index contributed by atoms with van der Waals surface area (Å²) in [4.78, 5) is 132. The highest BCUT2D eigenvalue weighted by Gasteiger charge is 2.34. The Balaban J connectivity index is 6.11. The zero-order valence-corrected chi connectivity index (χ0v) is 24.1. The van der Waals surface area contributed by atoms with Crippen LogP contribution in [0.5, 0.6) is 0 Å². The summed E-state index contributed by atoms with van der Waals surface area (Å²) in [5.41, 5.74) is 30.7. The smallest absolute Gasteiger partial charge is 0.243 e. The minimum Gasteiger partial charge on any atom is -0.370 e. The highest BCUT2D eigenvalue weighted by molar-refractivity contribution is 6.00. The molecule has 0 aromatic rings. The Morgan fingerprint density at radius 3 is 0.844 bits per heavy atom. The van der Waals surface area contributed by atoms with E-state index in [1.807, 2.05) is 16.0 Å². The number of primary amides is 6. The lowest BCUT2D eigenvalue weighted by molar-refractivity contribution is -0.137. The molecule has 0 unspecified atom stereocenters. The lowest BCUT2D eigenvalue weighted by Crippen LogP contribution is -2.60. The van der Waals surface area contributed by atoms with Crippen molar-refractivity contribution in [2.45, 2.75) is 75.7 Å². The topological polar surface area (TPSA) is 404 Å². The number of hydrogen-bond acceptors (Lipinski definition) is 11. The van der Waals surface area contributed by atoms with Crippen molar-refractivity contribution in [1.29, 1.82) is 0 Å². The highest BCUT2D eigenvalue weighted by atomic mass is 16.2. The maximum absolute atomic E-state index is 13.1. The van der Waals surface area contributed by atoms with Gasteiger partial charge in [-0.15, -0.1) is 0 Å². The van der Waals surface area contributed by atoms with Gasteiger partial charge in [-0.25, -0.2) is 0 Å². The van der Waals surface area contributed by atoms with Gasteiger partial charge in [0.25, 0.3) is 0 Å². The fraction of sp³-hybridized carbons (Fsp3) is 0.522. The molecular formula is C23H37N11O11. The van der Waals surface area contributed by atoms with E-state index in [1.54, 1.807) is 0 Å². The van der Waals surface area contributed by atoms with Crippen LogP contribution >= 0.6 is 0 Å². The van der Waals surface area contributed by atoms with Crippen molar-refractivity contribution in [2.24, 2.45) is 34.4 Å². The maximum Gasteiger partial charge on any atom is 0.243 e. The summed E-state index contributed by atoms with van der Waals surface area (Å²) in [7, 11) is 0. The largest absolute Gasteiger partial charge is 0.370 e. The monoisotopic (exact) mass is 643 g/mol. The lowest BCUT2D eigenvalue weighted by Gasteiger charge is -2.26. The minimum absolute atomic E-state index is 0.0965. The quantitative estimate of drug-likeness (QED) is 0.0557. The summed E-state index contributed by atoms with van der Waals surface area (Å²) in [6.07, 6.45) is -4.23. The van der Waals surface area contributed by atoms with E-state index in [4.69, 9.17) is 34.4 Å². The normalized spacial score (nSPS) is 13.7. The Labute approximate surface area is 254 Å². The van der Waals surface area contributed by atoms with Crippen molar-refractivity contribution in [3.8, 4) is 0 Å². The SMILES string of the molecule is CCC(=O)N[C@@H](CC(N)=O)C(=O)N[C@@H](CC(N)=O)C(=O)N[C@@H](CC(N)=O)C(=O)N[C@@H](CC(N)=O)C(=O)N[C@@H](CC(N)=O)C(N)=O. The molecule has 0 aliphatic carbocycles. The van der Waals surface area contributed by atoms with Crippen LogP contribution in [-0.2, 0) is 52.7 Å². The molecule has 17 N–H and O–H groups in total. The van der Waals surface area contributed by atoms with Crippen LogP contribution in [0.4, 0.5) is 0 Å². The molecule has 0 saturated heterocycles. The van der Waals surface area contributed by atoms with E-state index in [2.05, 4.69) is 10.6 Å². The first kappa shape index (κ1) is 39.2. The van der Waals surface area contributed by atoms with Crippen molar-refractivity contribution in [3.05, 3.63) is 0 Å². The molecule has 0 fully saturated rings. The zero-order chi connectivity index (χ0) is 35.0. The van der Waals surface area contributed by atoms with Crippen LogP contribution in [0.3, 0.4) is 0 Å². The Bertz CT molecular complexity index is 1220. The van der Waals surface area contributed by atoms with E-state index < -0.39 is 127 Å². The molecule has 22 heteroatoms. The zero-order valence-electron chi connectivity index (χ0n) is 24.1. The molecule has 0 aromatic heterocycles. The third-order valence-electron chi connectivity index (χ3n) is 5.56. The molecule has 250 valence electrons. The van der Waals surface area contributed by atoms with Crippen molar-refractivity contribution >= 4 is 65.0 Å². The first-order valence-corrected chi connectivity index (χ1v) is 13.0. The Morgan fingerprint density at radius 1 is 0.400 bits per heavy atom. The van der Waals surface area contributed by atoms with Crippen molar-refractivity contribution < 1.29 is 52.7 Å².